The van der Waals surface area contributed by atoms with Crippen LogP contribution in [0.15, 0.2) is 45.2 Å². The van der Waals surface area contributed by atoms with Crippen LogP contribution in [0.4, 0.5) is 5.69 Å². The summed E-state index contributed by atoms with van der Waals surface area (Å²) in [6.07, 6.45) is 1.66. The second-order valence-corrected chi connectivity index (χ2v) is 8.53. The number of hydrogen-bond acceptors (Lipinski definition) is 6. The minimum absolute atomic E-state index is 0.127. The van der Waals surface area contributed by atoms with E-state index in [0.717, 1.165) is 0 Å². The lowest BCUT2D eigenvalue weighted by Crippen LogP contribution is -2.23. The highest BCUT2D eigenvalue weighted by molar-refractivity contribution is 7.16. The van der Waals surface area contributed by atoms with Gasteiger partial charge in [-0.1, -0.05) is 20.8 Å². The molecule has 0 aliphatic carbocycles. The van der Waals surface area contributed by atoms with Crippen LogP contribution in [-0.4, -0.2) is 20.4 Å². The Bertz CT molecular complexity index is 1230. The molecule has 4 aromatic rings. The lowest BCUT2D eigenvalue weighted by molar-refractivity contribution is -0.116. The average molecular weight is 396 g/mol. The quantitative estimate of drug-likeness (QED) is 0.564. The molecule has 7 nitrogen and oxygen atoms in total. The summed E-state index contributed by atoms with van der Waals surface area (Å²) in [4.78, 5) is 34.2. The molecule has 0 fully saturated rings. The maximum atomic E-state index is 12.4. The number of fused-ring (bicyclic) bond motifs is 2. The van der Waals surface area contributed by atoms with Gasteiger partial charge < -0.3 is 9.73 Å². The van der Waals surface area contributed by atoms with Crippen LogP contribution in [-0.2, 0) is 16.8 Å². The van der Waals surface area contributed by atoms with Crippen LogP contribution in [0.2, 0.25) is 0 Å². The minimum Gasteiger partial charge on any atom is -0.440 e. The van der Waals surface area contributed by atoms with Gasteiger partial charge in [0.25, 0.3) is 5.56 Å². The van der Waals surface area contributed by atoms with Crippen LogP contribution < -0.4 is 10.9 Å². The van der Waals surface area contributed by atoms with Crippen molar-refractivity contribution in [1.29, 1.82) is 0 Å². The Hall–Kier alpha value is -3.00. The van der Waals surface area contributed by atoms with Gasteiger partial charge in [-0.15, -0.1) is 11.3 Å². The van der Waals surface area contributed by atoms with Crippen LogP contribution in [0.3, 0.4) is 0 Å². The number of amides is 1. The summed E-state index contributed by atoms with van der Waals surface area (Å²) in [6.45, 7) is 6.36. The highest BCUT2D eigenvalue weighted by Crippen LogP contribution is 2.27. The molecule has 3 aromatic heterocycles. The summed E-state index contributed by atoms with van der Waals surface area (Å²) >= 11 is 1.42. The zero-order valence-electron chi connectivity index (χ0n) is 15.9. The molecule has 28 heavy (non-hydrogen) atoms. The van der Waals surface area contributed by atoms with Crippen molar-refractivity contribution in [3.63, 3.8) is 0 Å². The first kappa shape index (κ1) is 18.4. The number of aryl methyl sites for hydroxylation is 1. The van der Waals surface area contributed by atoms with Crippen molar-refractivity contribution in [1.82, 2.24) is 14.5 Å². The summed E-state index contributed by atoms with van der Waals surface area (Å²) in [5.74, 6) is 0.470. The number of benzene rings is 1. The van der Waals surface area contributed by atoms with Crippen molar-refractivity contribution >= 4 is 44.2 Å². The number of carbonyl (C=O) groups is 1. The van der Waals surface area contributed by atoms with E-state index in [2.05, 4.69) is 15.3 Å². The van der Waals surface area contributed by atoms with Crippen molar-refractivity contribution in [2.24, 2.45) is 0 Å². The molecule has 0 saturated carbocycles. The van der Waals surface area contributed by atoms with E-state index in [-0.39, 0.29) is 29.8 Å². The number of rotatable bonds is 4. The Kier molecular flexibility index (Phi) is 4.50. The Morgan fingerprint density at radius 3 is 2.89 bits per heavy atom. The van der Waals surface area contributed by atoms with Gasteiger partial charge in [-0.3, -0.25) is 14.2 Å². The van der Waals surface area contributed by atoms with Crippen LogP contribution >= 0.6 is 11.3 Å². The van der Waals surface area contributed by atoms with Gasteiger partial charge in [-0.2, -0.15) is 0 Å². The number of nitrogens with one attached hydrogen (secondary N) is 1. The Labute approximate surface area is 165 Å². The van der Waals surface area contributed by atoms with Gasteiger partial charge in [0.2, 0.25) is 11.8 Å². The van der Waals surface area contributed by atoms with E-state index < -0.39 is 0 Å². The normalized spacial score (nSPS) is 12.0. The first-order valence-corrected chi connectivity index (χ1v) is 9.83. The molecule has 0 aliphatic heterocycles. The van der Waals surface area contributed by atoms with Gasteiger partial charge in [0.1, 0.15) is 10.3 Å². The van der Waals surface area contributed by atoms with Crippen LogP contribution in [0, 0.1) is 0 Å². The monoisotopic (exact) mass is 396 g/mol. The number of nitrogens with zero attached hydrogens (tertiary/aromatic N) is 3. The van der Waals surface area contributed by atoms with E-state index in [1.54, 1.807) is 24.3 Å². The fourth-order valence-electron chi connectivity index (χ4n) is 2.82. The largest absolute Gasteiger partial charge is 0.440 e. The van der Waals surface area contributed by atoms with Crippen molar-refractivity contribution in [3.05, 3.63) is 52.2 Å². The SMILES string of the molecule is CC(C)(C)c1nc2cc(NC(=O)CCn3cnc4sccc4c3=O)ccc2o1. The second kappa shape index (κ2) is 6.87. The molecular weight excluding hydrogens is 376 g/mol. The van der Waals surface area contributed by atoms with Crippen molar-refractivity contribution in [2.45, 2.75) is 39.2 Å². The van der Waals surface area contributed by atoms with Gasteiger partial charge in [-0.05, 0) is 29.6 Å². The topological polar surface area (TPSA) is 90.0 Å². The zero-order valence-corrected chi connectivity index (χ0v) is 16.7. The molecule has 0 radical (unpaired) electrons. The number of anilines is 1. The summed E-state index contributed by atoms with van der Waals surface area (Å²) in [5.41, 5.74) is 1.71. The van der Waals surface area contributed by atoms with E-state index in [1.165, 1.54) is 22.2 Å². The van der Waals surface area contributed by atoms with E-state index in [9.17, 15) is 9.59 Å². The van der Waals surface area contributed by atoms with E-state index >= 15 is 0 Å². The predicted molar refractivity (Wildman–Crippen MR) is 110 cm³/mol. The zero-order chi connectivity index (χ0) is 19.9. The molecule has 3 heterocycles. The molecule has 0 saturated heterocycles. The highest BCUT2D eigenvalue weighted by atomic mass is 32.1. The second-order valence-electron chi connectivity index (χ2n) is 7.63. The van der Waals surface area contributed by atoms with E-state index in [0.29, 0.717) is 32.9 Å². The van der Waals surface area contributed by atoms with E-state index in [1.807, 2.05) is 26.2 Å². The molecule has 0 aliphatic rings. The summed E-state index contributed by atoms with van der Waals surface area (Å²) in [5, 5.41) is 5.27. The first-order chi connectivity index (χ1) is 13.3. The van der Waals surface area contributed by atoms with E-state index in [4.69, 9.17) is 4.42 Å². The average Bonchev–Trinajstić information content (AvgIpc) is 3.27. The number of thiophene rings is 1. The van der Waals surface area contributed by atoms with Crippen LogP contribution in [0.25, 0.3) is 21.3 Å². The fraction of sp³-hybridized carbons (Fsp3) is 0.300. The maximum Gasteiger partial charge on any atom is 0.262 e. The standard InChI is InChI=1S/C20H20N4O3S/c1-20(2,3)19-23-14-10-12(4-5-15(14)27-19)22-16(25)6-8-24-11-21-17-13(18(24)26)7-9-28-17/h4-5,7,9-11H,6,8H2,1-3H3,(H,22,25). The van der Waals surface area contributed by atoms with Gasteiger partial charge >= 0.3 is 0 Å². The fourth-order valence-corrected chi connectivity index (χ4v) is 3.55. The molecule has 0 bridgehead atoms. The first-order valence-electron chi connectivity index (χ1n) is 8.95. The third kappa shape index (κ3) is 3.55. The third-order valence-corrected chi connectivity index (χ3v) is 5.16. The Morgan fingerprint density at radius 1 is 1.29 bits per heavy atom. The number of oxazole rings is 1. The van der Waals surface area contributed by atoms with Gasteiger partial charge in [0, 0.05) is 24.1 Å². The maximum absolute atomic E-state index is 12.4. The smallest absolute Gasteiger partial charge is 0.262 e. The lowest BCUT2D eigenvalue weighted by atomic mass is 9.97. The van der Waals surface area contributed by atoms with Gasteiger partial charge in [-0.25, -0.2) is 9.97 Å². The number of hydrogen-bond donors (Lipinski definition) is 1. The van der Waals surface area contributed by atoms with Crippen molar-refractivity contribution in [3.8, 4) is 0 Å². The number of carbonyl (C=O) groups excluding carboxylic acids is 1. The number of aromatic nitrogens is 3. The molecule has 1 amide bonds. The Morgan fingerprint density at radius 2 is 2.11 bits per heavy atom. The molecule has 4 rings (SSSR count). The predicted octanol–water partition coefficient (Wildman–Crippen LogP) is 3.93. The van der Waals surface area contributed by atoms with Crippen LogP contribution in [0.1, 0.15) is 33.1 Å². The minimum atomic E-state index is -0.187. The van der Waals surface area contributed by atoms with Gasteiger partial charge in [0.05, 0.1) is 11.7 Å². The van der Waals surface area contributed by atoms with Crippen LogP contribution in [0.5, 0.6) is 0 Å². The molecular formula is C20H20N4O3S. The summed E-state index contributed by atoms with van der Waals surface area (Å²) < 4.78 is 7.23. The van der Waals surface area contributed by atoms with Crippen molar-refractivity contribution < 1.29 is 9.21 Å². The molecule has 0 unspecified atom stereocenters. The summed E-state index contributed by atoms with van der Waals surface area (Å²) in [6, 6.07) is 7.12. The lowest BCUT2D eigenvalue weighted by Gasteiger charge is -2.11. The van der Waals surface area contributed by atoms with Crippen molar-refractivity contribution in [2.75, 3.05) is 5.32 Å². The Balaban J connectivity index is 1.45. The molecule has 1 aromatic carbocycles. The summed E-state index contributed by atoms with van der Waals surface area (Å²) in [7, 11) is 0. The molecule has 0 spiro atoms. The molecule has 8 heteroatoms. The molecule has 1 N–H and O–H groups in total. The third-order valence-electron chi connectivity index (χ3n) is 4.34. The molecule has 0 atom stereocenters. The molecule has 144 valence electrons. The highest BCUT2D eigenvalue weighted by Gasteiger charge is 2.21. The van der Waals surface area contributed by atoms with Gasteiger partial charge in [0.15, 0.2) is 5.58 Å².